The maximum absolute atomic E-state index is 13.7. The Balaban J connectivity index is 1.59. The van der Waals surface area contributed by atoms with Crippen molar-refractivity contribution in [3.8, 4) is 0 Å². The number of carbonyl (C=O) groups is 4. The molecule has 1 aromatic heterocycles. The minimum atomic E-state index is -1.12. The molecule has 1 saturated carbocycles. The number of carboxylic acid groups (broad SMARTS) is 1. The van der Waals surface area contributed by atoms with E-state index in [1.807, 2.05) is 30.5 Å². The average molecular weight is 512 g/mol. The molecular formula is C27H33N3O5S. The van der Waals surface area contributed by atoms with Gasteiger partial charge in [-0.05, 0) is 49.3 Å². The third-order valence-corrected chi connectivity index (χ3v) is 7.98. The summed E-state index contributed by atoms with van der Waals surface area (Å²) in [6, 6.07) is 10.4. The van der Waals surface area contributed by atoms with Crippen LogP contribution in [0.5, 0.6) is 0 Å². The van der Waals surface area contributed by atoms with E-state index in [4.69, 9.17) is 0 Å². The average Bonchev–Trinajstić information content (AvgIpc) is 3.53. The summed E-state index contributed by atoms with van der Waals surface area (Å²) < 4.78 is 0. The Morgan fingerprint density at radius 2 is 1.81 bits per heavy atom. The highest BCUT2D eigenvalue weighted by atomic mass is 32.1. The van der Waals surface area contributed by atoms with E-state index in [2.05, 4.69) is 5.32 Å². The molecule has 1 aromatic carbocycles. The van der Waals surface area contributed by atoms with Crippen LogP contribution in [0.25, 0.3) is 0 Å². The Hall–Kier alpha value is -3.20. The molecule has 2 atom stereocenters. The van der Waals surface area contributed by atoms with Crippen LogP contribution in [0.15, 0.2) is 41.8 Å². The third kappa shape index (κ3) is 6.13. The predicted molar refractivity (Wildman–Crippen MR) is 136 cm³/mol. The predicted octanol–water partition coefficient (Wildman–Crippen LogP) is 3.45. The SMILES string of the molecule is Cc1cccc(C(=O)N2CCN(C(=O)Cc3cccs3)C2C(=O)NC(CC(=O)O)C2CCCCC2)c1. The number of hydrogen-bond donors (Lipinski definition) is 2. The van der Waals surface area contributed by atoms with Crippen molar-refractivity contribution in [1.29, 1.82) is 0 Å². The molecule has 1 aliphatic heterocycles. The van der Waals surface area contributed by atoms with Crippen LogP contribution in [0.1, 0.15) is 59.3 Å². The van der Waals surface area contributed by atoms with Crippen LogP contribution in [0, 0.1) is 12.8 Å². The summed E-state index contributed by atoms with van der Waals surface area (Å²) in [5.74, 6) is -1.96. The molecule has 192 valence electrons. The van der Waals surface area contributed by atoms with Crippen molar-refractivity contribution < 1.29 is 24.3 Å². The lowest BCUT2D eigenvalue weighted by atomic mass is 9.82. The van der Waals surface area contributed by atoms with Gasteiger partial charge in [-0.2, -0.15) is 0 Å². The molecule has 2 unspecified atom stereocenters. The molecule has 8 nitrogen and oxygen atoms in total. The highest BCUT2D eigenvalue weighted by Crippen LogP contribution is 2.29. The van der Waals surface area contributed by atoms with Crippen LogP contribution in [-0.2, 0) is 20.8 Å². The number of nitrogens with zero attached hydrogens (tertiary/aromatic N) is 2. The van der Waals surface area contributed by atoms with Gasteiger partial charge in [0.2, 0.25) is 5.91 Å². The Labute approximate surface area is 215 Å². The number of nitrogens with one attached hydrogen (secondary N) is 1. The number of aliphatic carboxylic acids is 1. The van der Waals surface area contributed by atoms with Crippen LogP contribution in [0.2, 0.25) is 0 Å². The topological polar surface area (TPSA) is 107 Å². The summed E-state index contributed by atoms with van der Waals surface area (Å²) in [5, 5.41) is 14.4. The van der Waals surface area contributed by atoms with Gasteiger partial charge < -0.3 is 20.2 Å². The summed E-state index contributed by atoms with van der Waals surface area (Å²) >= 11 is 1.47. The molecule has 4 rings (SSSR count). The van der Waals surface area contributed by atoms with Crippen LogP contribution in [0.4, 0.5) is 0 Å². The zero-order valence-electron chi connectivity index (χ0n) is 20.5. The fourth-order valence-corrected chi connectivity index (χ4v) is 6.01. The Kier molecular flexibility index (Phi) is 8.40. The highest BCUT2D eigenvalue weighted by molar-refractivity contribution is 7.10. The number of amides is 3. The fourth-order valence-electron chi connectivity index (χ4n) is 5.31. The first-order valence-corrected chi connectivity index (χ1v) is 13.4. The first kappa shape index (κ1) is 25.9. The molecule has 1 aliphatic carbocycles. The maximum Gasteiger partial charge on any atom is 0.305 e. The van der Waals surface area contributed by atoms with Gasteiger partial charge in [-0.15, -0.1) is 11.3 Å². The molecule has 2 heterocycles. The molecule has 2 aliphatic rings. The summed E-state index contributed by atoms with van der Waals surface area (Å²) in [6.45, 7) is 2.36. The van der Waals surface area contributed by atoms with Gasteiger partial charge in [0.15, 0.2) is 6.17 Å². The van der Waals surface area contributed by atoms with Crippen molar-refractivity contribution in [3.63, 3.8) is 0 Å². The second-order valence-corrected chi connectivity index (χ2v) is 10.7. The number of carboxylic acids is 1. The molecule has 0 bridgehead atoms. The fraction of sp³-hybridized carbons (Fsp3) is 0.481. The van der Waals surface area contributed by atoms with Crippen LogP contribution in [0.3, 0.4) is 0 Å². The normalized spacial score (nSPS) is 19.2. The summed E-state index contributed by atoms with van der Waals surface area (Å²) in [7, 11) is 0. The molecule has 0 radical (unpaired) electrons. The number of rotatable bonds is 8. The summed E-state index contributed by atoms with van der Waals surface area (Å²) in [4.78, 5) is 55.9. The van der Waals surface area contributed by atoms with Gasteiger partial charge in [0.25, 0.3) is 11.8 Å². The number of benzene rings is 1. The van der Waals surface area contributed by atoms with Gasteiger partial charge in [-0.3, -0.25) is 19.2 Å². The Bertz CT molecular complexity index is 1100. The van der Waals surface area contributed by atoms with Gasteiger partial charge in [-0.1, -0.05) is 43.0 Å². The monoisotopic (exact) mass is 511 g/mol. The molecule has 1 saturated heterocycles. The minimum absolute atomic E-state index is 0.0661. The van der Waals surface area contributed by atoms with Crippen molar-refractivity contribution in [2.45, 2.75) is 64.1 Å². The van der Waals surface area contributed by atoms with Crippen molar-refractivity contribution >= 4 is 35.0 Å². The van der Waals surface area contributed by atoms with Crippen LogP contribution in [-0.4, -0.2) is 63.9 Å². The van der Waals surface area contributed by atoms with E-state index in [1.165, 1.54) is 21.1 Å². The quantitative estimate of drug-likeness (QED) is 0.565. The van der Waals surface area contributed by atoms with Crippen LogP contribution >= 0.6 is 11.3 Å². The highest BCUT2D eigenvalue weighted by Gasteiger charge is 2.44. The number of hydrogen-bond acceptors (Lipinski definition) is 5. The lowest BCUT2D eigenvalue weighted by Gasteiger charge is -2.34. The number of aryl methyl sites for hydroxylation is 1. The van der Waals surface area contributed by atoms with Gasteiger partial charge in [0.05, 0.1) is 12.8 Å². The molecule has 3 amide bonds. The first-order valence-electron chi connectivity index (χ1n) is 12.5. The minimum Gasteiger partial charge on any atom is -0.481 e. The Morgan fingerprint density at radius 1 is 1.06 bits per heavy atom. The summed E-state index contributed by atoms with van der Waals surface area (Å²) in [6.07, 6.45) is 3.67. The van der Waals surface area contributed by atoms with Crippen molar-refractivity contribution in [2.75, 3.05) is 13.1 Å². The van der Waals surface area contributed by atoms with Crippen LogP contribution < -0.4 is 5.32 Å². The van der Waals surface area contributed by atoms with Gasteiger partial charge >= 0.3 is 5.97 Å². The van der Waals surface area contributed by atoms with Gasteiger partial charge in [0.1, 0.15) is 0 Å². The van der Waals surface area contributed by atoms with Crippen molar-refractivity contribution in [3.05, 3.63) is 57.8 Å². The zero-order chi connectivity index (χ0) is 25.7. The Morgan fingerprint density at radius 3 is 2.47 bits per heavy atom. The van der Waals surface area contributed by atoms with Gasteiger partial charge in [0, 0.05) is 29.6 Å². The van der Waals surface area contributed by atoms with Crippen molar-refractivity contribution in [1.82, 2.24) is 15.1 Å². The van der Waals surface area contributed by atoms with E-state index in [9.17, 15) is 24.3 Å². The molecule has 9 heteroatoms. The van der Waals surface area contributed by atoms with E-state index >= 15 is 0 Å². The van der Waals surface area contributed by atoms with Gasteiger partial charge in [-0.25, -0.2) is 0 Å². The molecule has 2 aromatic rings. The second kappa shape index (κ2) is 11.7. The van der Waals surface area contributed by atoms with E-state index in [0.717, 1.165) is 42.5 Å². The largest absolute Gasteiger partial charge is 0.481 e. The molecule has 36 heavy (non-hydrogen) atoms. The molecular weight excluding hydrogens is 478 g/mol. The lowest BCUT2D eigenvalue weighted by molar-refractivity contribution is -0.142. The maximum atomic E-state index is 13.7. The smallest absolute Gasteiger partial charge is 0.305 e. The summed E-state index contributed by atoms with van der Waals surface area (Å²) in [5.41, 5.74) is 1.38. The number of carbonyl (C=O) groups excluding carboxylic acids is 3. The lowest BCUT2D eigenvalue weighted by Crippen LogP contribution is -2.57. The molecule has 2 N–H and O–H groups in total. The van der Waals surface area contributed by atoms with E-state index in [0.29, 0.717) is 5.56 Å². The van der Waals surface area contributed by atoms with E-state index < -0.39 is 24.1 Å². The first-order chi connectivity index (χ1) is 17.3. The number of thiophene rings is 1. The standard InChI is InChI=1S/C27H33N3O5S/c1-18-7-5-10-20(15-18)27(35)30-13-12-29(23(31)16-21-11-6-14-36-21)26(30)25(34)28-22(17-24(32)33)19-8-3-2-4-9-19/h5-7,10-11,14-15,19,22,26H,2-4,8-9,12-13,16-17H2,1H3,(H,28,34)(H,32,33). The van der Waals surface area contributed by atoms with E-state index in [1.54, 1.807) is 18.2 Å². The third-order valence-electron chi connectivity index (χ3n) is 7.10. The molecule has 2 fully saturated rings. The second-order valence-electron chi connectivity index (χ2n) is 9.70. The zero-order valence-corrected chi connectivity index (χ0v) is 21.3. The van der Waals surface area contributed by atoms with E-state index in [-0.39, 0.29) is 43.7 Å². The molecule has 0 spiro atoms. The van der Waals surface area contributed by atoms with Crippen molar-refractivity contribution in [2.24, 2.45) is 5.92 Å².